The van der Waals surface area contributed by atoms with Crippen LogP contribution >= 0.6 is 0 Å². The number of carbonyl (C=O) groups is 1. The topological polar surface area (TPSA) is 47.6 Å². The van der Waals surface area contributed by atoms with Crippen LogP contribution in [0.4, 0.5) is 0 Å². The fourth-order valence-corrected chi connectivity index (χ4v) is 3.46. The van der Waals surface area contributed by atoms with E-state index in [1.165, 1.54) is 0 Å². The van der Waals surface area contributed by atoms with Gasteiger partial charge in [0.05, 0.1) is 18.8 Å². The van der Waals surface area contributed by atoms with E-state index >= 15 is 0 Å². The minimum absolute atomic E-state index is 0.161. The molecule has 1 heterocycles. The van der Waals surface area contributed by atoms with Crippen LogP contribution in [0.3, 0.4) is 0 Å². The Kier molecular flexibility index (Phi) is 5.02. The van der Waals surface area contributed by atoms with E-state index in [2.05, 4.69) is 5.32 Å². The van der Waals surface area contributed by atoms with E-state index in [-0.39, 0.29) is 5.91 Å². The fraction of sp³-hybridized carbons (Fsp3) is 0.208. The van der Waals surface area contributed by atoms with E-state index in [0.717, 1.165) is 17.5 Å². The number of ether oxygens (including phenoxy) is 2. The molecule has 142 valence electrons. The first kappa shape index (κ1) is 18.1. The first-order chi connectivity index (χ1) is 13.7. The van der Waals surface area contributed by atoms with Gasteiger partial charge in [0.1, 0.15) is 0 Å². The molecule has 4 nitrogen and oxygen atoms in total. The third kappa shape index (κ3) is 3.58. The van der Waals surface area contributed by atoms with Gasteiger partial charge in [0.2, 0.25) is 0 Å². The van der Waals surface area contributed by atoms with Gasteiger partial charge < -0.3 is 14.8 Å². The minimum atomic E-state index is -0.663. The molecule has 0 unspecified atom stereocenters. The Balaban J connectivity index is 1.68. The van der Waals surface area contributed by atoms with Gasteiger partial charge in [-0.2, -0.15) is 0 Å². The molecule has 0 radical (unpaired) electrons. The third-order valence-corrected chi connectivity index (χ3v) is 5.08. The fourth-order valence-electron chi connectivity index (χ4n) is 3.46. The maximum Gasteiger partial charge on any atom is 0.252 e. The molecule has 0 bridgehead atoms. The molecule has 1 N–H and O–H groups in total. The van der Waals surface area contributed by atoms with Crippen LogP contribution in [0.1, 0.15) is 34.8 Å². The molecule has 0 aromatic heterocycles. The molecule has 0 atom stereocenters. The van der Waals surface area contributed by atoms with Gasteiger partial charge in [-0.3, -0.25) is 4.79 Å². The average molecular weight is 373 g/mol. The highest BCUT2D eigenvalue weighted by atomic mass is 16.5. The molecule has 1 aliphatic heterocycles. The number of carbonyl (C=O) groups excluding carboxylic acids is 1. The highest BCUT2D eigenvalue weighted by molar-refractivity contribution is 5.95. The molecule has 0 saturated carbocycles. The number of fused-ring (bicyclic) bond motifs is 1. The second-order valence-corrected chi connectivity index (χ2v) is 7.02. The van der Waals surface area contributed by atoms with Crippen LogP contribution in [0.5, 0.6) is 11.5 Å². The lowest BCUT2D eigenvalue weighted by Crippen LogP contribution is -2.44. The molecule has 4 heteroatoms. The van der Waals surface area contributed by atoms with Gasteiger partial charge in [0, 0.05) is 12.0 Å². The lowest BCUT2D eigenvalue weighted by Gasteiger charge is -2.32. The standard InChI is InChI=1S/C24H23NO3/c1-24(19-9-4-2-5-10-19,20-11-6-3-7-12-20)25-23(26)18-13-14-21-22(17-18)28-16-8-15-27-21/h2-7,9-14,17H,8,15-16H2,1H3,(H,25,26). The van der Waals surface area contributed by atoms with Crippen molar-refractivity contribution in [1.82, 2.24) is 5.32 Å². The third-order valence-electron chi connectivity index (χ3n) is 5.08. The highest BCUT2D eigenvalue weighted by Gasteiger charge is 2.31. The van der Waals surface area contributed by atoms with E-state index in [9.17, 15) is 4.79 Å². The molecule has 0 spiro atoms. The van der Waals surface area contributed by atoms with Gasteiger partial charge in [-0.1, -0.05) is 60.7 Å². The number of benzene rings is 3. The number of rotatable bonds is 4. The molecule has 1 amide bonds. The molecule has 0 fully saturated rings. The van der Waals surface area contributed by atoms with Crippen molar-refractivity contribution in [2.45, 2.75) is 18.9 Å². The summed E-state index contributed by atoms with van der Waals surface area (Å²) >= 11 is 0. The van der Waals surface area contributed by atoms with E-state index in [0.29, 0.717) is 30.3 Å². The summed E-state index contributed by atoms with van der Waals surface area (Å²) in [5, 5.41) is 3.23. The zero-order chi connectivity index (χ0) is 19.4. The van der Waals surface area contributed by atoms with Gasteiger partial charge in [0.15, 0.2) is 11.5 Å². The maximum absolute atomic E-state index is 13.2. The molecule has 28 heavy (non-hydrogen) atoms. The van der Waals surface area contributed by atoms with Crippen LogP contribution in [0.25, 0.3) is 0 Å². The van der Waals surface area contributed by atoms with E-state index in [4.69, 9.17) is 9.47 Å². The molecule has 3 aromatic rings. The van der Waals surface area contributed by atoms with Crippen molar-refractivity contribution in [3.05, 3.63) is 95.6 Å². The van der Waals surface area contributed by atoms with Crippen LogP contribution in [0.15, 0.2) is 78.9 Å². The Morgan fingerprint density at radius 2 is 1.39 bits per heavy atom. The van der Waals surface area contributed by atoms with Gasteiger partial charge in [-0.05, 0) is 36.2 Å². The molecule has 1 aliphatic rings. The Bertz CT molecular complexity index is 915. The lowest BCUT2D eigenvalue weighted by molar-refractivity contribution is 0.0918. The van der Waals surface area contributed by atoms with Gasteiger partial charge in [-0.25, -0.2) is 0 Å². The molecule has 4 rings (SSSR count). The quantitative estimate of drug-likeness (QED) is 0.730. The van der Waals surface area contributed by atoms with Crippen molar-refractivity contribution in [3.8, 4) is 11.5 Å². The van der Waals surface area contributed by atoms with Gasteiger partial charge >= 0.3 is 0 Å². The summed E-state index contributed by atoms with van der Waals surface area (Å²) in [7, 11) is 0. The first-order valence-corrected chi connectivity index (χ1v) is 9.50. The van der Waals surface area contributed by atoms with E-state index in [1.54, 1.807) is 18.2 Å². The first-order valence-electron chi connectivity index (χ1n) is 9.50. The van der Waals surface area contributed by atoms with Crippen molar-refractivity contribution in [1.29, 1.82) is 0 Å². The molecular weight excluding hydrogens is 350 g/mol. The SMILES string of the molecule is CC(NC(=O)c1ccc2c(c1)OCCCO2)(c1ccccc1)c1ccccc1. The predicted molar refractivity (Wildman–Crippen MR) is 109 cm³/mol. The molecular formula is C24H23NO3. The average Bonchev–Trinajstić information content (AvgIpc) is 2.99. The highest BCUT2D eigenvalue weighted by Crippen LogP contribution is 2.32. The molecule has 3 aromatic carbocycles. The van der Waals surface area contributed by atoms with Crippen molar-refractivity contribution in [3.63, 3.8) is 0 Å². The summed E-state index contributed by atoms with van der Waals surface area (Å²) in [6, 6.07) is 25.3. The number of nitrogens with one attached hydrogen (secondary N) is 1. The van der Waals surface area contributed by atoms with E-state index in [1.807, 2.05) is 67.6 Å². The van der Waals surface area contributed by atoms with E-state index < -0.39 is 5.54 Å². The minimum Gasteiger partial charge on any atom is -0.490 e. The maximum atomic E-state index is 13.2. The summed E-state index contributed by atoms with van der Waals surface area (Å²) in [6.07, 6.45) is 0.830. The second kappa shape index (κ2) is 7.77. The Labute approximate surface area is 165 Å². The Morgan fingerprint density at radius 3 is 2.00 bits per heavy atom. The van der Waals surface area contributed by atoms with Crippen LogP contribution in [0.2, 0.25) is 0 Å². The van der Waals surface area contributed by atoms with Crippen LogP contribution in [0, 0.1) is 0 Å². The van der Waals surface area contributed by atoms with Gasteiger partial charge in [-0.15, -0.1) is 0 Å². The van der Waals surface area contributed by atoms with Crippen LogP contribution in [-0.2, 0) is 5.54 Å². The summed E-state index contributed by atoms with van der Waals surface area (Å²) in [6.45, 7) is 3.24. The number of hydrogen-bond donors (Lipinski definition) is 1. The summed E-state index contributed by atoms with van der Waals surface area (Å²) in [4.78, 5) is 13.2. The molecule has 0 aliphatic carbocycles. The monoisotopic (exact) mass is 373 g/mol. The van der Waals surface area contributed by atoms with Crippen molar-refractivity contribution >= 4 is 5.91 Å². The number of hydrogen-bond acceptors (Lipinski definition) is 3. The normalized spacial score (nSPS) is 13.5. The zero-order valence-corrected chi connectivity index (χ0v) is 15.9. The Hall–Kier alpha value is -3.27. The van der Waals surface area contributed by atoms with Crippen molar-refractivity contribution in [2.75, 3.05) is 13.2 Å². The van der Waals surface area contributed by atoms with Crippen molar-refractivity contribution < 1.29 is 14.3 Å². The largest absolute Gasteiger partial charge is 0.490 e. The summed E-state index contributed by atoms with van der Waals surface area (Å²) < 4.78 is 11.4. The van der Waals surface area contributed by atoms with Crippen LogP contribution < -0.4 is 14.8 Å². The second-order valence-electron chi connectivity index (χ2n) is 7.02. The predicted octanol–water partition coefficient (Wildman–Crippen LogP) is 4.54. The smallest absolute Gasteiger partial charge is 0.252 e. The van der Waals surface area contributed by atoms with Crippen molar-refractivity contribution in [2.24, 2.45) is 0 Å². The summed E-state index contributed by atoms with van der Waals surface area (Å²) in [5.41, 5.74) is 1.92. The van der Waals surface area contributed by atoms with Crippen LogP contribution in [-0.4, -0.2) is 19.1 Å². The number of amides is 1. The zero-order valence-electron chi connectivity index (χ0n) is 15.9. The Morgan fingerprint density at radius 1 is 0.821 bits per heavy atom. The van der Waals surface area contributed by atoms with Gasteiger partial charge in [0.25, 0.3) is 5.91 Å². The lowest BCUT2D eigenvalue weighted by atomic mass is 9.84. The summed E-state index contributed by atoms with van der Waals surface area (Å²) in [5.74, 6) is 1.14. The molecule has 0 saturated heterocycles.